The number of hydrogen-bond acceptors (Lipinski definition) is 4. The Hall–Kier alpha value is -1.31. The van der Waals surface area contributed by atoms with Gasteiger partial charge < -0.3 is 10.0 Å². The van der Waals surface area contributed by atoms with Crippen LogP contribution in [0.15, 0.2) is 18.3 Å². The molecule has 2 rings (SSSR count). The van der Waals surface area contributed by atoms with E-state index in [-0.39, 0.29) is 19.0 Å². The van der Waals surface area contributed by atoms with Gasteiger partial charge in [-0.05, 0) is 30.9 Å². The van der Waals surface area contributed by atoms with Crippen molar-refractivity contribution in [3.63, 3.8) is 0 Å². The maximum absolute atomic E-state index is 9.05. The van der Waals surface area contributed by atoms with Crippen molar-refractivity contribution in [1.82, 2.24) is 4.98 Å². The highest BCUT2D eigenvalue weighted by molar-refractivity contribution is 5.85. The minimum atomic E-state index is 0. The molecule has 92 valence electrons. The van der Waals surface area contributed by atoms with E-state index in [9.17, 15) is 0 Å². The number of piperidine rings is 1. The van der Waals surface area contributed by atoms with Crippen LogP contribution in [-0.4, -0.2) is 29.8 Å². The van der Waals surface area contributed by atoms with E-state index < -0.39 is 0 Å². The van der Waals surface area contributed by atoms with E-state index in [0.717, 1.165) is 31.7 Å². The van der Waals surface area contributed by atoms with Crippen LogP contribution in [0.25, 0.3) is 0 Å². The van der Waals surface area contributed by atoms with Gasteiger partial charge in [-0.2, -0.15) is 5.26 Å². The van der Waals surface area contributed by atoms with E-state index in [1.807, 2.05) is 6.07 Å². The zero-order chi connectivity index (χ0) is 11.4. The van der Waals surface area contributed by atoms with Crippen LogP contribution in [0.1, 0.15) is 18.4 Å². The molecule has 0 saturated carbocycles. The summed E-state index contributed by atoms with van der Waals surface area (Å²) in [6, 6.07) is 5.65. The minimum Gasteiger partial charge on any atom is -0.396 e. The van der Waals surface area contributed by atoms with Gasteiger partial charge in [0, 0.05) is 25.9 Å². The molecule has 0 amide bonds. The van der Waals surface area contributed by atoms with Gasteiger partial charge in [0.25, 0.3) is 0 Å². The summed E-state index contributed by atoms with van der Waals surface area (Å²) < 4.78 is 0. The van der Waals surface area contributed by atoms with Crippen molar-refractivity contribution in [3.8, 4) is 6.07 Å². The summed E-state index contributed by atoms with van der Waals surface area (Å²) in [5.41, 5.74) is 0.647. The molecule has 17 heavy (non-hydrogen) atoms. The van der Waals surface area contributed by atoms with Crippen LogP contribution in [0, 0.1) is 17.2 Å². The first-order valence-electron chi connectivity index (χ1n) is 5.55. The lowest BCUT2D eigenvalue weighted by Crippen LogP contribution is -2.35. The van der Waals surface area contributed by atoms with Gasteiger partial charge in [-0.25, -0.2) is 4.98 Å². The first-order chi connectivity index (χ1) is 7.83. The Bertz CT molecular complexity index is 397. The van der Waals surface area contributed by atoms with E-state index >= 15 is 0 Å². The van der Waals surface area contributed by atoms with Gasteiger partial charge in [0.2, 0.25) is 0 Å². The Morgan fingerprint density at radius 3 is 2.76 bits per heavy atom. The molecule has 0 radical (unpaired) electrons. The Morgan fingerprint density at radius 1 is 1.47 bits per heavy atom. The second-order valence-corrected chi connectivity index (χ2v) is 4.13. The third-order valence-electron chi connectivity index (χ3n) is 3.07. The van der Waals surface area contributed by atoms with Gasteiger partial charge >= 0.3 is 0 Å². The normalized spacial score (nSPS) is 16.1. The molecule has 2 heterocycles. The molecule has 1 aliphatic rings. The summed E-state index contributed by atoms with van der Waals surface area (Å²) in [7, 11) is 0. The van der Waals surface area contributed by atoms with Crippen LogP contribution in [0.4, 0.5) is 5.82 Å². The van der Waals surface area contributed by atoms with E-state index in [1.165, 1.54) is 0 Å². The van der Waals surface area contributed by atoms with E-state index in [0.29, 0.717) is 11.5 Å². The maximum atomic E-state index is 9.05. The van der Waals surface area contributed by atoms with Gasteiger partial charge in [0.15, 0.2) is 0 Å². The predicted octanol–water partition coefficient (Wildman–Crippen LogP) is 1.58. The fourth-order valence-corrected chi connectivity index (χ4v) is 2.01. The molecule has 0 aliphatic carbocycles. The lowest BCUT2D eigenvalue weighted by atomic mass is 9.98. The van der Waals surface area contributed by atoms with Crippen LogP contribution in [0.5, 0.6) is 0 Å². The number of nitriles is 1. The van der Waals surface area contributed by atoms with Crippen LogP contribution >= 0.6 is 12.4 Å². The van der Waals surface area contributed by atoms with E-state index in [2.05, 4.69) is 16.0 Å². The highest BCUT2D eigenvalue weighted by Crippen LogP contribution is 2.21. The van der Waals surface area contributed by atoms with Crippen LogP contribution in [0.3, 0.4) is 0 Å². The Labute approximate surface area is 107 Å². The molecule has 1 aliphatic heterocycles. The van der Waals surface area contributed by atoms with Crippen molar-refractivity contribution in [2.24, 2.45) is 5.92 Å². The number of aliphatic hydroxyl groups excluding tert-OH is 1. The third-order valence-corrected chi connectivity index (χ3v) is 3.07. The molecule has 1 aromatic rings. The zero-order valence-electron chi connectivity index (χ0n) is 9.54. The summed E-state index contributed by atoms with van der Waals surface area (Å²) in [5.74, 6) is 1.30. The van der Waals surface area contributed by atoms with Gasteiger partial charge in [0.05, 0.1) is 11.6 Å². The molecular weight excluding hydrogens is 238 g/mol. The molecule has 0 atom stereocenters. The predicted molar refractivity (Wildman–Crippen MR) is 68.2 cm³/mol. The quantitative estimate of drug-likeness (QED) is 0.870. The molecule has 5 heteroatoms. The van der Waals surface area contributed by atoms with Crippen molar-refractivity contribution in [2.45, 2.75) is 12.8 Å². The Kier molecular flexibility index (Phi) is 5.20. The maximum Gasteiger partial charge on any atom is 0.129 e. The van der Waals surface area contributed by atoms with Crippen LogP contribution < -0.4 is 4.90 Å². The van der Waals surface area contributed by atoms with Gasteiger partial charge in [-0.1, -0.05) is 0 Å². The SMILES string of the molecule is Cl.N#Cc1ccnc(N2CCC(CO)CC2)c1. The summed E-state index contributed by atoms with van der Waals surface area (Å²) in [6.07, 6.45) is 3.66. The number of aromatic nitrogens is 1. The second-order valence-electron chi connectivity index (χ2n) is 4.13. The average Bonchev–Trinajstić information content (AvgIpc) is 2.39. The number of aliphatic hydroxyl groups is 1. The minimum absolute atomic E-state index is 0. The zero-order valence-corrected chi connectivity index (χ0v) is 10.4. The molecule has 0 unspecified atom stereocenters. The lowest BCUT2D eigenvalue weighted by molar-refractivity contribution is 0.203. The summed E-state index contributed by atoms with van der Waals surface area (Å²) in [4.78, 5) is 6.45. The van der Waals surface area contributed by atoms with Gasteiger partial charge in [-0.15, -0.1) is 12.4 Å². The number of hydrogen-bond donors (Lipinski definition) is 1. The average molecular weight is 254 g/mol. The van der Waals surface area contributed by atoms with E-state index in [4.69, 9.17) is 10.4 Å². The molecule has 1 aromatic heterocycles. The van der Waals surface area contributed by atoms with Crippen molar-refractivity contribution < 1.29 is 5.11 Å². The van der Waals surface area contributed by atoms with Crippen molar-refractivity contribution in [1.29, 1.82) is 5.26 Å². The molecule has 1 N–H and O–H groups in total. The van der Waals surface area contributed by atoms with E-state index in [1.54, 1.807) is 12.3 Å². The third kappa shape index (κ3) is 3.32. The molecule has 4 nitrogen and oxygen atoms in total. The largest absolute Gasteiger partial charge is 0.396 e. The fourth-order valence-electron chi connectivity index (χ4n) is 2.01. The highest BCUT2D eigenvalue weighted by atomic mass is 35.5. The standard InChI is InChI=1S/C12H15N3O.ClH/c13-8-11-1-4-14-12(7-11)15-5-2-10(9-16)3-6-15;/h1,4,7,10,16H,2-3,5-6,9H2;1H. The first kappa shape index (κ1) is 13.8. The molecule has 0 aromatic carbocycles. The van der Waals surface area contributed by atoms with Crippen molar-refractivity contribution >= 4 is 18.2 Å². The summed E-state index contributed by atoms with van der Waals surface area (Å²) in [5, 5.41) is 17.9. The Morgan fingerprint density at radius 2 is 2.18 bits per heavy atom. The van der Waals surface area contributed by atoms with Crippen molar-refractivity contribution in [2.75, 3.05) is 24.6 Å². The number of anilines is 1. The molecule has 1 saturated heterocycles. The van der Waals surface area contributed by atoms with Crippen LogP contribution in [-0.2, 0) is 0 Å². The van der Waals surface area contributed by atoms with Crippen molar-refractivity contribution in [3.05, 3.63) is 23.9 Å². The number of nitrogens with zero attached hydrogens (tertiary/aromatic N) is 3. The van der Waals surface area contributed by atoms with Gasteiger partial charge in [0.1, 0.15) is 5.82 Å². The highest BCUT2D eigenvalue weighted by Gasteiger charge is 2.19. The smallest absolute Gasteiger partial charge is 0.129 e. The number of halogens is 1. The fraction of sp³-hybridized carbons (Fsp3) is 0.500. The topological polar surface area (TPSA) is 60.2 Å². The Balaban J connectivity index is 0.00000144. The summed E-state index contributed by atoms with van der Waals surface area (Å²) >= 11 is 0. The monoisotopic (exact) mass is 253 g/mol. The molecule has 1 fully saturated rings. The molecule has 0 spiro atoms. The van der Waals surface area contributed by atoms with Gasteiger partial charge in [-0.3, -0.25) is 0 Å². The number of pyridine rings is 1. The second kappa shape index (κ2) is 6.43. The lowest BCUT2D eigenvalue weighted by Gasteiger charge is -2.31. The molecule has 0 bridgehead atoms. The van der Waals surface area contributed by atoms with Crippen LogP contribution in [0.2, 0.25) is 0 Å². The molecular formula is C12H16ClN3O. The first-order valence-corrected chi connectivity index (χ1v) is 5.55. The summed E-state index contributed by atoms with van der Waals surface area (Å²) in [6.45, 7) is 2.10. The number of rotatable bonds is 2.